The molecule has 4 nitrogen and oxygen atoms in total. The Kier molecular flexibility index (Phi) is 3.32. The van der Waals surface area contributed by atoms with E-state index in [1.165, 1.54) is 18.2 Å². The predicted octanol–water partition coefficient (Wildman–Crippen LogP) is 4.10. The number of nitrogens with zero attached hydrogens (tertiary/aromatic N) is 2. The van der Waals surface area contributed by atoms with Crippen LogP contribution in [0.4, 0.5) is 24.7 Å². The van der Waals surface area contributed by atoms with Crippen LogP contribution in [-0.2, 0) is 6.18 Å². The second-order valence-corrected chi connectivity index (χ2v) is 4.59. The molecule has 0 fully saturated rings. The van der Waals surface area contributed by atoms with E-state index in [0.29, 0.717) is 11.1 Å². The summed E-state index contributed by atoms with van der Waals surface area (Å²) >= 11 is 0. The lowest BCUT2D eigenvalue weighted by atomic mass is 10.2. The molecule has 2 aromatic carbocycles. The normalized spacial score (nSPS) is 11.6. The van der Waals surface area contributed by atoms with Gasteiger partial charge in [0, 0.05) is 17.1 Å². The maximum atomic E-state index is 12.9. The van der Waals surface area contributed by atoms with Crippen LogP contribution in [0.3, 0.4) is 0 Å². The highest BCUT2D eigenvalue weighted by molar-refractivity contribution is 5.90. The van der Waals surface area contributed by atoms with Gasteiger partial charge in [-0.1, -0.05) is 18.2 Å². The smallest absolute Gasteiger partial charge is 0.451 e. The number of phenolic OH excluding ortho intramolecular Hbond substituents is 1. The predicted molar refractivity (Wildman–Crippen MR) is 75.9 cm³/mol. The molecule has 0 saturated heterocycles. The van der Waals surface area contributed by atoms with Gasteiger partial charge in [0.05, 0.1) is 5.52 Å². The van der Waals surface area contributed by atoms with E-state index in [1.54, 1.807) is 30.3 Å². The number of rotatable bonds is 2. The second-order valence-electron chi connectivity index (χ2n) is 4.59. The van der Waals surface area contributed by atoms with Crippen molar-refractivity contribution in [2.45, 2.75) is 6.18 Å². The topological polar surface area (TPSA) is 58.0 Å². The van der Waals surface area contributed by atoms with Crippen LogP contribution in [0.25, 0.3) is 10.9 Å². The second kappa shape index (κ2) is 5.18. The zero-order chi connectivity index (χ0) is 15.7. The van der Waals surface area contributed by atoms with E-state index in [4.69, 9.17) is 0 Å². The minimum Gasteiger partial charge on any atom is -0.508 e. The number of alkyl halides is 3. The molecule has 0 spiro atoms. The number of aromatic hydroxyl groups is 1. The van der Waals surface area contributed by atoms with E-state index in [1.807, 2.05) is 0 Å². The standard InChI is InChI=1S/C15H10F3N3O/c16-15(17,18)14-20-12-7-2-1-6-11(12)13(21-14)19-9-4-3-5-10(22)8-9/h1-8,22H,(H,19,20,21). The molecule has 1 aromatic heterocycles. The molecule has 0 bridgehead atoms. The van der Waals surface area contributed by atoms with Gasteiger partial charge in [-0.3, -0.25) is 0 Å². The lowest BCUT2D eigenvalue weighted by Gasteiger charge is -2.12. The van der Waals surface area contributed by atoms with Gasteiger partial charge in [0.15, 0.2) is 0 Å². The monoisotopic (exact) mass is 305 g/mol. The van der Waals surface area contributed by atoms with Crippen molar-refractivity contribution >= 4 is 22.4 Å². The molecule has 2 N–H and O–H groups in total. The molecule has 3 aromatic rings. The third kappa shape index (κ3) is 2.78. The van der Waals surface area contributed by atoms with E-state index < -0.39 is 12.0 Å². The van der Waals surface area contributed by atoms with E-state index >= 15 is 0 Å². The zero-order valence-electron chi connectivity index (χ0n) is 11.1. The molecular formula is C15H10F3N3O. The summed E-state index contributed by atoms with van der Waals surface area (Å²) in [6.45, 7) is 0. The van der Waals surface area contributed by atoms with E-state index in [9.17, 15) is 18.3 Å². The van der Waals surface area contributed by atoms with Crippen molar-refractivity contribution in [3.63, 3.8) is 0 Å². The summed E-state index contributed by atoms with van der Waals surface area (Å²) in [7, 11) is 0. The third-order valence-corrected chi connectivity index (χ3v) is 2.97. The fraction of sp³-hybridized carbons (Fsp3) is 0.0667. The van der Waals surface area contributed by atoms with Crippen molar-refractivity contribution in [3.05, 3.63) is 54.4 Å². The van der Waals surface area contributed by atoms with Gasteiger partial charge in [0.2, 0.25) is 5.82 Å². The zero-order valence-corrected chi connectivity index (χ0v) is 11.1. The first-order chi connectivity index (χ1) is 10.4. The summed E-state index contributed by atoms with van der Waals surface area (Å²) in [5.74, 6) is -1.18. The minimum absolute atomic E-state index is 0.000550. The molecule has 0 aliphatic carbocycles. The van der Waals surface area contributed by atoms with Crippen LogP contribution in [-0.4, -0.2) is 15.1 Å². The number of benzene rings is 2. The van der Waals surface area contributed by atoms with Gasteiger partial charge in [0.1, 0.15) is 11.6 Å². The summed E-state index contributed by atoms with van der Waals surface area (Å²) in [5, 5.41) is 12.7. The van der Waals surface area contributed by atoms with Crippen LogP contribution >= 0.6 is 0 Å². The lowest BCUT2D eigenvalue weighted by Crippen LogP contribution is -2.12. The molecule has 0 atom stereocenters. The fourth-order valence-corrected chi connectivity index (χ4v) is 2.02. The van der Waals surface area contributed by atoms with Crippen molar-refractivity contribution in [3.8, 4) is 5.75 Å². The van der Waals surface area contributed by atoms with Crippen LogP contribution in [0.2, 0.25) is 0 Å². The first-order valence-electron chi connectivity index (χ1n) is 6.33. The number of anilines is 2. The molecule has 112 valence electrons. The average molecular weight is 305 g/mol. The van der Waals surface area contributed by atoms with Crippen LogP contribution in [0, 0.1) is 0 Å². The maximum absolute atomic E-state index is 12.9. The number of fused-ring (bicyclic) bond motifs is 1. The van der Waals surface area contributed by atoms with Gasteiger partial charge in [-0.15, -0.1) is 0 Å². The Morgan fingerprint density at radius 3 is 2.45 bits per heavy atom. The van der Waals surface area contributed by atoms with Crippen LogP contribution in [0.15, 0.2) is 48.5 Å². The highest BCUT2D eigenvalue weighted by atomic mass is 19.4. The van der Waals surface area contributed by atoms with E-state index in [-0.39, 0.29) is 17.1 Å². The largest absolute Gasteiger partial charge is 0.508 e. The summed E-state index contributed by atoms with van der Waals surface area (Å²) in [4.78, 5) is 7.11. The number of aromatic nitrogens is 2. The first-order valence-corrected chi connectivity index (χ1v) is 6.33. The Morgan fingerprint density at radius 2 is 1.73 bits per heavy atom. The van der Waals surface area contributed by atoms with Crippen LogP contribution in [0.1, 0.15) is 5.82 Å². The van der Waals surface area contributed by atoms with E-state index in [2.05, 4.69) is 15.3 Å². The highest BCUT2D eigenvalue weighted by Gasteiger charge is 2.35. The molecule has 22 heavy (non-hydrogen) atoms. The summed E-state index contributed by atoms with van der Waals surface area (Å²) in [6.07, 6.45) is -4.64. The highest BCUT2D eigenvalue weighted by Crippen LogP contribution is 2.31. The number of phenols is 1. The Bertz CT molecular complexity index is 834. The molecule has 0 aliphatic heterocycles. The van der Waals surface area contributed by atoms with Gasteiger partial charge in [0.25, 0.3) is 0 Å². The minimum atomic E-state index is -4.64. The summed E-state index contributed by atoms with van der Waals surface area (Å²) < 4.78 is 38.7. The molecule has 0 aliphatic rings. The lowest BCUT2D eigenvalue weighted by molar-refractivity contribution is -0.144. The molecule has 0 radical (unpaired) electrons. The van der Waals surface area contributed by atoms with Gasteiger partial charge < -0.3 is 10.4 Å². The quantitative estimate of drug-likeness (QED) is 0.748. The van der Waals surface area contributed by atoms with Crippen LogP contribution < -0.4 is 5.32 Å². The van der Waals surface area contributed by atoms with Gasteiger partial charge >= 0.3 is 6.18 Å². The van der Waals surface area contributed by atoms with Crippen molar-refractivity contribution in [1.29, 1.82) is 0 Å². The molecule has 1 heterocycles. The Labute approximate surface area is 123 Å². The molecular weight excluding hydrogens is 295 g/mol. The number of hydrogen-bond acceptors (Lipinski definition) is 4. The number of nitrogens with one attached hydrogen (secondary N) is 1. The maximum Gasteiger partial charge on any atom is 0.451 e. The number of para-hydroxylation sites is 1. The van der Waals surface area contributed by atoms with Crippen molar-refractivity contribution in [2.24, 2.45) is 0 Å². The van der Waals surface area contributed by atoms with Crippen molar-refractivity contribution in [1.82, 2.24) is 9.97 Å². The molecule has 0 saturated carbocycles. The third-order valence-electron chi connectivity index (χ3n) is 2.97. The van der Waals surface area contributed by atoms with Gasteiger partial charge in [-0.05, 0) is 24.3 Å². The SMILES string of the molecule is Oc1cccc(Nc2nc(C(F)(F)F)nc3ccccc23)c1. The van der Waals surface area contributed by atoms with Gasteiger partial charge in [-0.2, -0.15) is 13.2 Å². The number of halogens is 3. The Hall–Kier alpha value is -2.83. The first kappa shape index (κ1) is 14.1. The Balaban J connectivity index is 2.14. The summed E-state index contributed by atoms with van der Waals surface area (Å²) in [6, 6.07) is 12.4. The number of hydrogen-bond donors (Lipinski definition) is 2. The molecule has 3 rings (SSSR count). The average Bonchev–Trinajstić information content (AvgIpc) is 2.46. The van der Waals surface area contributed by atoms with Crippen molar-refractivity contribution < 1.29 is 18.3 Å². The molecule has 0 unspecified atom stereocenters. The Morgan fingerprint density at radius 1 is 0.955 bits per heavy atom. The molecule has 0 amide bonds. The van der Waals surface area contributed by atoms with Gasteiger partial charge in [-0.25, -0.2) is 9.97 Å². The van der Waals surface area contributed by atoms with Crippen molar-refractivity contribution in [2.75, 3.05) is 5.32 Å². The summed E-state index contributed by atoms with van der Waals surface area (Å²) in [5.41, 5.74) is 0.615. The molecule has 7 heteroatoms. The van der Waals surface area contributed by atoms with Crippen LogP contribution in [0.5, 0.6) is 5.75 Å². The van der Waals surface area contributed by atoms with E-state index in [0.717, 1.165) is 0 Å². The fourth-order valence-electron chi connectivity index (χ4n) is 2.02.